The van der Waals surface area contributed by atoms with Crippen LogP contribution in [-0.4, -0.2) is 20.4 Å². The predicted octanol–water partition coefficient (Wildman–Crippen LogP) is 4.68. The van der Waals surface area contributed by atoms with Gasteiger partial charge in [-0.05, 0) is 96.1 Å². The number of anilines is 2. The Morgan fingerprint density at radius 3 is 2.41 bits per heavy atom. The quantitative estimate of drug-likeness (QED) is 0.510. The van der Waals surface area contributed by atoms with Gasteiger partial charge in [0, 0.05) is 26.6 Å². The second-order valence-corrected chi connectivity index (χ2v) is 9.93. The minimum Gasteiger partial charge on any atom is -0.305 e. The Morgan fingerprint density at radius 2 is 1.72 bits per heavy atom. The van der Waals surface area contributed by atoms with Crippen molar-refractivity contribution in [2.24, 2.45) is 0 Å². The lowest BCUT2D eigenvalue weighted by Crippen LogP contribution is -2.35. The molecule has 148 valence electrons. The third-order valence-electron chi connectivity index (χ3n) is 4.91. The summed E-state index contributed by atoms with van der Waals surface area (Å²) in [7, 11) is -3.71. The van der Waals surface area contributed by atoms with Gasteiger partial charge in [0.15, 0.2) is 0 Å². The number of hydrogen-bond acceptors (Lipinski definition) is 3. The molecule has 1 aliphatic heterocycles. The van der Waals surface area contributed by atoms with Crippen LogP contribution >= 0.6 is 22.6 Å². The Morgan fingerprint density at radius 1 is 1.03 bits per heavy atom. The number of fused-ring (bicyclic) bond motifs is 1. The largest absolute Gasteiger partial charge is 0.305 e. The molecule has 1 N–H and O–H groups in total. The molecule has 0 spiro atoms. The average molecular weight is 518 g/mol. The number of nitrogens with one attached hydrogen (secondary N) is 1. The summed E-state index contributed by atoms with van der Waals surface area (Å²) in [5, 5.41) is 0. The normalized spacial score (nSPS) is 15.8. The second-order valence-electron chi connectivity index (χ2n) is 7.00. The highest BCUT2D eigenvalue weighted by Crippen LogP contribution is 2.35. The Hall–Kier alpha value is -2.39. The molecule has 0 saturated carbocycles. The SMILES string of the molecule is C[C@@H]1Cc2cc(S(=O)(=O)Nc3ccc(I)cc3)ccc2N1C(=O)c1ccccc1. The number of carbonyl (C=O) groups is 1. The highest BCUT2D eigenvalue weighted by molar-refractivity contribution is 14.1. The molecule has 4 rings (SSSR count). The molecule has 7 heteroatoms. The first-order chi connectivity index (χ1) is 13.8. The van der Waals surface area contributed by atoms with E-state index >= 15 is 0 Å². The molecule has 3 aromatic rings. The summed E-state index contributed by atoms with van der Waals surface area (Å²) in [5.41, 5.74) is 2.75. The molecule has 3 aromatic carbocycles. The number of amides is 1. The third-order valence-corrected chi connectivity index (χ3v) is 7.01. The van der Waals surface area contributed by atoms with Gasteiger partial charge < -0.3 is 4.90 Å². The van der Waals surface area contributed by atoms with Crippen LogP contribution in [0.1, 0.15) is 22.8 Å². The molecule has 0 unspecified atom stereocenters. The molecule has 1 atom stereocenters. The van der Waals surface area contributed by atoms with Crippen LogP contribution in [0.4, 0.5) is 11.4 Å². The van der Waals surface area contributed by atoms with Gasteiger partial charge in [0.05, 0.1) is 4.90 Å². The maximum atomic E-state index is 13.0. The molecule has 1 heterocycles. The fourth-order valence-electron chi connectivity index (χ4n) is 3.54. The monoisotopic (exact) mass is 518 g/mol. The van der Waals surface area contributed by atoms with E-state index in [1.807, 2.05) is 37.3 Å². The predicted molar refractivity (Wildman–Crippen MR) is 123 cm³/mol. The van der Waals surface area contributed by atoms with Gasteiger partial charge in [-0.1, -0.05) is 18.2 Å². The lowest BCUT2D eigenvalue weighted by Gasteiger charge is -2.23. The highest BCUT2D eigenvalue weighted by atomic mass is 127. The van der Waals surface area contributed by atoms with Crippen molar-refractivity contribution in [2.45, 2.75) is 24.3 Å². The summed E-state index contributed by atoms with van der Waals surface area (Å²) in [6.07, 6.45) is 0.612. The Balaban J connectivity index is 1.63. The summed E-state index contributed by atoms with van der Waals surface area (Å²) in [6.45, 7) is 1.97. The Bertz CT molecular complexity index is 1160. The Kier molecular flexibility index (Phi) is 5.35. The van der Waals surface area contributed by atoms with E-state index in [-0.39, 0.29) is 16.8 Å². The number of rotatable bonds is 4. The van der Waals surface area contributed by atoms with Gasteiger partial charge in [-0.2, -0.15) is 0 Å². The minimum atomic E-state index is -3.71. The lowest BCUT2D eigenvalue weighted by atomic mass is 10.1. The fourth-order valence-corrected chi connectivity index (χ4v) is 5.00. The molecule has 29 heavy (non-hydrogen) atoms. The van der Waals surface area contributed by atoms with E-state index in [4.69, 9.17) is 0 Å². The molecule has 0 aromatic heterocycles. The molecule has 5 nitrogen and oxygen atoms in total. The molecule has 1 amide bonds. The zero-order valence-corrected chi connectivity index (χ0v) is 18.6. The summed E-state index contributed by atoms with van der Waals surface area (Å²) < 4.78 is 29.3. The highest BCUT2D eigenvalue weighted by Gasteiger charge is 2.32. The maximum absolute atomic E-state index is 13.0. The van der Waals surface area contributed by atoms with Crippen LogP contribution in [-0.2, 0) is 16.4 Å². The number of halogens is 1. The van der Waals surface area contributed by atoms with Crippen molar-refractivity contribution in [3.05, 3.63) is 87.5 Å². The molecule has 0 fully saturated rings. The molecule has 0 aliphatic carbocycles. The van der Waals surface area contributed by atoms with E-state index in [0.29, 0.717) is 17.7 Å². The minimum absolute atomic E-state index is 0.0418. The van der Waals surface area contributed by atoms with Gasteiger partial charge in [0.1, 0.15) is 0 Å². The van der Waals surface area contributed by atoms with Crippen molar-refractivity contribution >= 4 is 49.9 Å². The number of sulfonamides is 1. The smallest absolute Gasteiger partial charge is 0.261 e. The zero-order chi connectivity index (χ0) is 20.6. The molecule has 0 radical (unpaired) electrons. The fraction of sp³-hybridized carbons (Fsp3) is 0.136. The van der Waals surface area contributed by atoms with E-state index in [1.54, 1.807) is 47.4 Å². The summed E-state index contributed by atoms with van der Waals surface area (Å²) >= 11 is 2.17. The summed E-state index contributed by atoms with van der Waals surface area (Å²) in [5.74, 6) is -0.0792. The van der Waals surface area contributed by atoms with Gasteiger partial charge in [-0.15, -0.1) is 0 Å². The van der Waals surface area contributed by atoms with Crippen LogP contribution in [0.25, 0.3) is 0 Å². The van der Waals surface area contributed by atoms with Gasteiger partial charge in [-0.25, -0.2) is 8.42 Å². The van der Waals surface area contributed by atoms with Crippen molar-refractivity contribution in [3.63, 3.8) is 0 Å². The molecule has 0 saturated heterocycles. The maximum Gasteiger partial charge on any atom is 0.261 e. The van der Waals surface area contributed by atoms with Gasteiger partial charge in [-0.3, -0.25) is 9.52 Å². The average Bonchev–Trinajstić information content (AvgIpc) is 3.04. The van der Waals surface area contributed by atoms with Gasteiger partial charge >= 0.3 is 0 Å². The third kappa shape index (κ3) is 4.02. The van der Waals surface area contributed by atoms with E-state index in [9.17, 15) is 13.2 Å². The zero-order valence-electron chi connectivity index (χ0n) is 15.7. The van der Waals surface area contributed by atoms with Crippen molar-refractivity contribution in [1.82, 2.24) is 0 Å². The molecule has 0 bridgehead atoms. The van der Waals surface area contributed by atoms with Crippen LogP contribution in [0.3, 0.4) is 0 Å². The van der Waals surface area contributed by atoms with Crippen molar-refractivity contribution < 1.29 is 13.2 Å². The van der Waals surface area contributed by atoms with E-state index in [0.717, 1.165) is 14.8 Å². The van der Waals surface area contributed by atoms with E-state index in [2.05, 4.69) is 27.3 Å². The standard InChI is InChI=1S/C22H19IN2O3S/c1-15-13-17-14-20(29(27,28)24-19-9-7-18(23)8-10-19)11-12-21(17)25(15)22(26)16-5-3-2-4-6-16/h2-12,14-15,24H,13H2,1H3/t15-/m1/s1. The van der Waals surface area contributed by atoms with Crippen molar-refractivity contribution in [2.75, 3.05) is 9.62 Å². The van der Waals surface area contributed by atoms with Crippen LogP contribution in [0.2, 0.25) is 0 Å². The summed E-state index contributed by atoms with van der Waals surface area (Å²) in [6, 6.07) is 21.2. The number of benzene rings is 3. The lowest BCUT2D eigenvalue weighted by molar-refractivity contribution is 0.0981. The van der Waals surface area contributed by atoms with E-state index < -0.39 is 10.0 Å². The number of carbonyl (C=O) groups excluding carboxylic acids is 1. The molecular weight excluding hydrogens is 499 g/mol. The van der Waals surface area contributed by atoms with Crippen molar-refractivity contribution in [1.29, 1.82) is 0 Å². The van der Waals surface area contributed by atoms with Crippen LogP contribution in [0.15, 0.2) is 77.7 Å². The first-order valence-electron chi connectivity index (χ1n) is 9.15. The van der Waals surface area contributed by atoms with Crippen LogP contribution in [0, 0.1) is 3.57 Å². The topological polar surface area (TPSA) is 66.5 Å². The van der Waals surface area contributed by atoms with Crippen molar-refractivity contribution in [3.8, 4) is 0 Å². The van der Waals surface area contributed by atoms with Crippen LogP contribution in [0.5, 0.6) is 0 Å². The molecule has 1 aliphatic rings. The van der Waals surface area contributed by atoms with Gasteiger partial charge in [0.2, 0.25) is 0 Å². The van der Waals surface area contributed by atoms with Gasteiger partial charge in [0.25, 0.3) is 15.9 Å². The number of nitrogens with zero attached hydrogens (tertiary/aromatic N) is 1. The second kappa shape index (κ2) is 7.79. The first kappa shape index (κ1) is 19.9. The molecular formula is C22H19IN2O3S. The first-order valence-corrected chi connectivity index (χ1v) is 11.7. The summed E-state index contributed by atoms with van der Waals surface area (Å²) in [4.78, 5) is 14.9. The van der Waals surface area contributed by atoms with Crippen LogP contribution < -0.4 is 9.62 Å². The van der Waals surface area contributed by atoms with E-state index in [1.165, 1.54) is 0 Å². The Labute approximate surface area is 183 Å². The number of hydrogen-bond donors (Lipinski definition) is 1.